The van der Waals surface area contributed by atoms with Gasteiger partial charge in [-0.05, 0) is 43.2 Å². The smallest absolute Gasteiger partial charge is 0.251 e. The Balaban J connectivity index is 1.86. The predicted octanol–water partition coefficient (Wildman–Crippen LogP) is 3.77. The molecule has 106 valence electrons. The normalized spacial score (nSPS) is 12.1. The lowest BCUT2D eigenvalue weighted by Gasteiger charge is -2.13. The molecule has 0 saturated carbocycles. The first kappa shape index (κ1) is 14.7. The Labute approximate surface area is 123 Å². The molecule has 1 atom stereocenters. The Morgan fingerprint density at radius 1 is 1.35 bits per heavy atom. The molecule has 1 aromatic heterocycles. The third kappa shape index (κ3) is 4.14. The van der Waals surface area contributed by atoms with E-state index < -0.39 is 0 Å². The van der Waals surface area contributed by atoms with Gasteiger partial charge < -0.3 is 9.73 Å². The highest BCUT2D eigenvalue weighted by molar-refractivity contribution is 6.17. The summed E-state index contributed by atoms with van der Waals surface area (Å²) >= 11 is 5.77. The van der Waals surface area contributed by atoms with Gasteiger partial charge in [-0.3, -0.25) is 4.79 Å². The second-order valence-electron chi connectivity index (χ2n) is 4.83. The fourth-order valence-corrected chi connectivity index (χ4v) is 2.15. The molecule has 1 amide bonds. The first-order chi connectivity index (χ1) is 9.69. The standard InChI is InChI=1S/C16H18ClNO2/c1-12(7-8-15-6-3-9-20-15)18-16(19)14-5-2-4-13(10-14)11-17/h2-6,9-10,12H,7-8,11H2,1H3,(H,18,19). The van der Waals surface area contributed by atoms with Crippen LogP contribution in [0.3, 0.4) is 0 Å². The van der Waals surface area contributed by atoms with Gasteiger partial charge in [-0.15, -0.1) is 11.6 Å². The molecule has 1 unspecified atom stereocenters. The van der Waals surface area contributed by atoms with Crippen molar-refractivity contribution in [2.24, 2.45) is 0 Å². The van der Waals surface area contributed by atoms with E-state index in [0.29, 0.717) is 11.4 Å². The highest BCUT2D eigenvalue weighted by atomic mass is 35.5. The van der Waals surface area contributed by atoms with E-state index in [1.807, 2.05) is 37.3 Å². The zero-order valence-electron chi connectivity index (χ0n) is 11.4. The molecule has 1 N–H and O–H groups in total. The van der Waals surface area contributed by atoms with Crippen LogP contribution < -0.4 is 5.32 Å². The third-order valence-corrected chi connectivity index (χ3v) is 3.43. The topological polar surface area (TPSA) is 42.2 Å². The number of benzene rings is 1. The van der Waals surface area contributed by atoms with Gasteiger partial charge in [-0.2, -0.15) is 0 Å². The van der Waals surface area contributed by atoms with Gasteiger partial charge >= 0.3 is 0 Å². The average Bonchev–Trinajstić information content (AvgIpc) is 2.98. The van der Waals surface area contributed by atoms with Crippen LogP contribution in [0.25, 0.3) is 0 Å². The summed E-state index contributed by atoms with van der Waals surface area (Å²) in [6.07, 6.45) is 3.32. The predicted molar refractivity (Wildman–Crippen MR) is 80.0 cm³/mol. The van der Waals surface area contributed by atoms with Crippen LogP contribution in [-0.4, -0.2) is 11.9 Å². The highest BCUT2D eigenvalue weighted by Crippen LogP contribution is 2.09. The minimum absolute atomic E-state index is 0.0658. The van der Waals surface area contributed by atoms with E-state index >= 15 is 0 Å². The van der Waals surface area contributed by atoms with Crippen molar-refractivity contribution in [3.8, 4) is 0 Å². The van der Waals surface area contributed by atoms with Gasteiger partial charge in [0.05, 0.1) is 6.26 Å². The second kappa shape index (κ2) is 7.15. The number of aryl methyl sites for hydroxylation is 1. The molecule has 0 bridgehead atoms. The molecule has 1 aromatic carbocycles. The SMILES string of the molecule is CC(CCc1ccco1)NC(=O)c1cccc(CCl)c1. The van der Waals surface area contributed by atoms with Crippen LogP contribution in [0.4, 0.5) is 0 Å². The van der Waals surface area contributed by atoms with Crippen molar-refractivity contribution < 1.29 is 9.21 Å². The molecule has 0 aliphatic carbocycles. The molecule has 3 nitrogen and oxygen atoms in total. The maximum atomic E-state index is 12.1. The molecule has 0 saturated heterocycles. The summed E-state index contributed by atoms with van der Waals surface area (Å²) in [5, 5.41) is 2.99. The fourth-order valence-electron chi connectivity index (χ4n) is 1.99. The Kier molecular flexibility index (Phi) is 5.24. The van der Waals surface area contributed by atoms with Gasteiger partial charge in [0.15, 0.2) is 0 Å². The maximum Gasteiger partial charge on any atom is 0.251 e. The summed E-state index contributed by atoms with van der Waals surface area (Å²) in [6, 6.07) is 11.3. The molecule has 2 rings (SSSR count). The number of amides is 1. The van der Waals surface area contributed by atoms with E-state index in [1.54, 1.807) is 12.3 Å². The summed E-state index contributed by atoms with van der Waals surface area (Å²) in [4.78, 5) is 12.1. The summed E-state index contributed by atoms with van der Waals surface area (Å²) < 4.78 is 5.28. The molecule has 0 aliphatic heterocycles. The Morgan fingerprint density at radius 2 is 2.20 bits per heavy atom. The summed E-state index contributed by atoms with van der Waals surface area (Å²) in [5.41, 5.74) is 1.59. The van der Waals surface area contributed by atoms with Crippen molar-refractivity contribution in [3.63, 3.8) is 0 Å². The molecule has 0 fully saturated rings. The molecule has 1 heterocycles. The maximum absolute atomic E-state index is 12.1. The molecule has 2 aromatic rings. The van der Waals surface area contributed by atoms with Gasteiger partial charge in [-0.25, -0.2) is 0 Å². The number of furan rings is 1. The van der Waals surface area contributed by atoms with E-state index in [1.165, 1.54) is 0 Å². The van der Waals surface area contributed by atoms with Crippen LogP contribution in [0.15, 0.2) is 47.1 Å². The van der Waals surface area contributed by atoms with Crippen molar-refractivity contribution in [1.82, 2.24) is 5.32 Å². The van der Waals surface area contributed by atoms with Crippen LogP contribution in [0, 0.1) is 0 Å². The Morgan fingerprint density at radius 3 is 2.90 bits per heavy atom. The minimum Gasteiger partial charge on any atom is -0.469 e. The van der Waals surface area contributed by atoms with Crippen LogP contribution in [0.5, 0.6) is 0 Å². The third-order valence-electron chi connectivity index (χ3n) is 3.12. The summed E-state index contributed by atoms with van der Waals surface area (Å²) in [6.45, 7) is 1.99. The Bertz CT molecular complexity index is 551. The number of carbonyl (C=O) groups is 1. The quantitative estimate of drug-likeness (QED) is 0.823. The van der Waals surface area contributed by atoms with Crippen molar-refractivity contribution >= 4 is 17.5 Å². The van der Waals surface area contributed by atoms with Gasteiger partial charge in [0.1, 0.15) is 5.76 Å². The zero-order valence-corrected chi connectivity index (χ0v) is 12.2. The van der Waals surface area contributed by atoms with Crippen molar-refractivity contribution in [2.75, 3.05) is 0 Å². The lowest BCUT2D eigenvalue weighted by molar-refractivity contribution is 0.0938. The van der Waals surface area contributed by atoms with Crippen LogP contribution in [-0.2, 0) is 12.3 Å². The lowest BCUT2D eigenvalue weighted by atomic mass is 10.1. The number of alkyl halides is 1. The van der Waals surface area contributed by atoms with Gasteiger partial charge in [0, 0.05) is 23.9 Å². The van der Waals surface area contributed by atoms with Gasteiger partial charge in [-0.1, -0.05) is 12.1 Å². The Hall–Kier alpha value is -1.74. The van der Waals surface area contributed by atoms with Crippen LogP contribution in [0.2, 0.25) is 0 Å². The second-order valence-corrected chi connectivity index (χ2v) is 5.09. The molecule has 0 radical (unpaired) electrons. The van der Waals surface area contributed by atoms with E-state index in [2.05, 4.69) is 5.32 Å². The summed E-state index contributed by atoms with van der Waals surface area (Å²) in [7, 11) is 0. The van der Waals surface area contributed by atoms with Crippen molar-refractivity contribution in [3.05, 3.63) is 59.5 Å². The monoisotopic (exact) mass is 291 g/mol. The number of nitrogens with one attached hydrogen (secondary N) is 1. The summed E-state index contributed by atoms with van der Waals surface area (Å²) in [5.74, 6) is 1.29. The van der Waals surface area contributed by atoms with E-state index in [0.717, 1.165) is 24.2 Å². The number of rotatable bonds is 6. The van der Waals surface area contributed by atoms with E-state index in [9.17, 15) is 4.79 Å². The number of hydrogen-bond donors (Lipinski definition) is 1. The lowest BCUT2D eigenvalue weighted by Crippen LogP contribution is -2.32. The molecule has 20 heavy (non-hydrogen) atoms. The van der Waals surface area contributed by atoms with Crippen LogP contribution in [0.1, 0.15) is 35.0 Å². The molecular formula is C16H18ClNO2. The average molecular weight is 292 g/mol. The van der Waals surface area contributed by atoms with Crippen molar-refractivity contribution in [1.29, 1.82) is 0 Å². The number of halogens is 1. The van der Waals surface area contributed by atoms with E-state index in [-0.39, 0.29) is 11.9 Å². The van der Waals surface area contributed by atoms with E-state index in [4.69, 9.17) is 16.0 Å². The molecular weight excluding hydrogens is 274 g/mol. The minimum atomic E-state index is -0.0658. The molecule has 4 heteroatoms. The molecule has 0 spiro atoms. The first-order valence-corrected chi connectivity index (χ1v) is 7.20. The zero-order chi connectivity index (χ0) is 14.4. The largest absolute Gasteiger partial charge is 0.469 e. The fraction of sp³-hybridized carbons (Fsp3) is 0.312. The first-order valence-electron chi connectivity index (χ1n) is 6.67. The van der Waals surface area contributed by atoms with Crippen molar-refractivity contribution in [2.45, 2.75) is 31.7 Å². The molecule has 0 aliphatic rings. The van der Waals surface area contributed by atoms with Gasteiger partial charge in [0.2, 0.25) is 0 Å². The van der Waals surface area contributed by atoms with Gasteiger partial charge in [0.25, 0.3) is 5.91 Å². The number of carbonyl (C=O) groups excluding carboxylic acids is 1. The van der Waals surface area contributed by atoms with Crippen LogP contribution >= 0.6 is 11.6 Å². The highest BCUT2D eigenvalue weighted by Gasteiger charge is 2.10. The number of hydrogen-bond acceptors (Lipinski definition) is 2.